The van der Waals surface area contributed by atoms with Crippen LogP contribution in [0.25, 0.3) is 0 Å². The van der Waals surface area contributed by atoms with Crippen LogP contribution in [-0.2, 0) is 6.54 Å². The van der Waals surface area contributed by atoms with Crippen LogP contribution in [-0.4, -0.2) is 30.9 Å². The molecule has 104 valence electrons. The third kappa shape index (κ3) is 3.16. The molecule has 1 saturated heterocycles. The van der Waals surface area contributed by atoms with Crippen molar-refractivity contribution in [2.45, 2.75) is 27.3 Å². The van der Waals surface area contributed by atoms with E-state index in [9.17, 15) is 4.79 Å². The van der Waals surface area contributed by atoms with E-state index in [4.69, 9.17) is 4.74 Å². The third-order valence-electron chi connectivity index (χ3n) is 4.14. The Labute approximate surface area is 115 Å². The average Bonchev–Trinajstić information content (AvgIpc) is 2.68. The smallest absolute Gasteiger partial charge is 0.159 e. The zero-order valence-electron chi connectivity index (χ0n) is 12.3. The number of rotatable bonds is 4. The van der Waals surface area contributed by atoms with E-state index in [0.29, 0.717) is 0 Å². The predicted octanol–water partition coefficient (Wildman–Crippen LogP) is 2.99. The van der Waals surface area contributed by atoms with Gasteiger partial charge in [-0.25, -0.2) is 0 Å². The van der Waals surface area contributed by atoms with Gasteiger partial charge in [0.15, 0.2) is 5.78 Å². The van der Waals surface area contributed by atoms with Crippen LogP contribution in [0, 0.1) is 11.8 Å². The highest BCUT2D eigenvalue weighted by Crippen LogP contribution is 2.27. The maximum Gasteiger partial charge on any atom is 0.159 e. The van der Waals surface area contributed by atoms with Crippen molar-refractivity contribution in [3.63, 3.8) is 0 Å². The van der Waals surface area contributed by atoms with Crippen molar-refractivity contribution >= 4 is 5.78 Å². The number of carbonyl (C=O) groups excluding carboxylic acids is 1. The largest absolute Gasteiger partial charge is 0.496 e. The number of hydrogen-bond donors (Lipinski definition) is 0. The number of benzene rings is 1. The van der Waals surface area contributed by atoms with Crippen LogP contribution in [0.4, 0.5) is 0 Å². The second-order valence-electron chi connectivity index (χ2n) is 5.73. The third-order valence-corrected chi connectivity index (χ3v) is 4.14. The molecule has 0 spiro atoms. The number of ketones is 1. The maximum atomic E-state index is 11.5. The number of Topliss-reactive ketones (excluding diaryl/α,β-unsaturated/α-hetero) is 1. The molecule has 1 aromatic carbocycles. The van der Waals surface area contributed by atoms with E-state index in [2.05, 4.69) is 18.7 Å². The zero-order valence-corrected chi connectivity index (χ0v) is 12.3. The first-order valence-corrected chi connectivity index (χ1v) is 6.91. The first-order chi connectivity index (χ1) is 9.01. The van der Waals surface area contributed by atoms with Crippen molar-refractivity contribution in [3.05, 3.63) is 29.3 Å². The molecular weight excluding hydrogens is 238 g/mol. The molecule has 3 nitrogen and oxygen atoms in total. The first-order valence-electron chi connectivity index (χ1n) is 6.91. The monoisotopic (exact) mass is 261 g/mol. The molecule has 0 amide bonds. The fourth-order valence-corrected chi connectivity index (χ4v) is 2.74. The van der Waals surface area contributed by atoms with Crippen molar-refractivity contribution in [2.24, 2.45) is 11.8 Å². The first kappa shape index (κ1) is 14.1. The Morgan fingerprint density at radius 3 is 2.47 bits per heavy atom. The summed E-state index contributed by atoms with van der Waals surface area (Å²) in [6, 6.07) is 5.70. The molecule has 1 aliphatic heterocycles. The SMILES string of the molecule is COc1ccc(C(C)=O)cc1CN1CC(C)C(C)C1. The second-order valence-corrected chi connectivity index (χ2v) is 5.73. The number of hydrogen-bond acceptors (Lipinski definition) is 3. The summed E-state index contributed by atoms with van der Waals surface area (Å²) >= 11 is 0. The van der Waals surface area contributed by atoms with Crippen molar-refractivity contribution < 1.29 is 9.53 Å². The average molecular weight is 261 g/mol. The highest BCUT2D eigenvalue weighted by atomic mass is 16.5. The Morgan fingerprint density at radius 1 is 1.32 bits per heavy atom. The van der Waals surface area contributed by atoms with E-state index in [1.165, 1.54) is 0 Å². The van der Waals surface area contributed by atoms with Crippen LogP contribution >= 0.6 is 0 Å². The number of methoxy groups -OCH3 is 1. The van der Waals surface area contributed by atoms with Crippen LogP contribution in [0.15, 0.2) is 18.2 Å². The van der Waals surface area contributed by atoms with Crippen LogP contribution < -0.4 is 4.74 Å². The lowest BCUT2D eigenvalue weighted by molar-refractivity contribution is 0.101. The van der Waals surface area contributed by atoms with E-state index >= 15 is 0 Å². The van der Waals surface area contributed by atoms with Crippen molar-refractivity contribution in [1.29, 1.82) is 0 Å². The quantitative estimate of drug-likeness (QED) is 0.780. The Bertz CT molecular complexity index is 460. The number of nitrogens with zero attached hydrogens (tertiary/aromatic N) is 1. The molecule has 0 aliphatic carbocycles. The van der Waals surface area contributed by atoms with Crippen molar-refractivity contribution in [1.82, 2.24) is 4.90 Å². The van der Waals surface area contributed by atoms with E-state index in [-0.39, 0.29) is 5.78 Å². The minimum Gasteiger partial charge on any atom is -0.496 e. The van der Waals surface area contributed by atoms with Crippen molar-refractivity contribution in [3.8, 4) is 5.75 Å². The molecule has 1 fully saturated rings. The van der Waals surface area contributed by atoms with Crippen LogP contribution in [0.1, 0.15) is 36.7 Å². The van der Waals surface area contributed by atoms with Gasteiger partial charge >= 0.3 is 0 Å². The van der Waals surface area contributed by atoms with Crippen LogP contribution in [0.5, 0.6) is 5.75 Å². The number of carbonyl (C=O) groups is 1. The van der Waals surface area contributed by atoms with Gasteiger partial charge in [0, 0.05) is 30.8 Å². The molecule has 19 heavy (non-hydrogen) atoms. The Morgan fingerprint density at radius 2 is 1.95 bits per heavy atom. The molecule has 0 N–H and O–H groups in total. The van der Waals surface area contributed by atoms with E-state index in [1.807, 2.05) is 18.2 Å². The molecule has 2 rings (SSSR count). The molecule has 1 aromatic rings. The van der Waals surface area contributed by atoms with Gasteiger partial charge < -0.3 is 4.74 Å². The van der Waals surface area contributed by atoms with Gasteiger partial charge in [-0.1, -0.05) is 13.8 Å². The minimum absolute atomic E-state index is 0.104. The summed E-state index contributed by atoms with van der Waals surface area (Å²) in [5, 5.41) is 0. The molecule has 2 atom stereocenters. The molecule has 0 aromatic heterocycles. The Hall–Kier alpha value is -1.35. The van der Waals surface area contributed by atoms with Crippen LogP contribution in [0.3, 0.4) is 0 Å². The lowest BCUT2D eigenvalue weighted by Crippen LogP contribution is -2.20. The highest BCUT2D eigenvalue weighted by Gasteiger charge is 2.26. The summed E-state index contributed by atoms with van der Waals surface area (Å²) in [6.45, 7) is 9.30. The second kappa shape index (κ2) is 5.74. The van der Waals surface area contributed by atoms with E-state index < -0.39 is 0 Å². The summed E-state index contributed by atoms with van der Waals surface area (Å²) < 4.78 is 5.41. The van der Waals surface area contributed by atoms with Gasteiger partial charge in [0.25, 0.3) is 0 Å². The Balaban J connectivity index is 2.18. The molecule has 1 heterocycles. The summed E-state index contributed by atoms with van der Waals surface area (Å²) in [7, 11) is 1.68. The normalized spacial score (nSPS) is 23.6. The Kier molecular flexibility index (Phi) is 4.25. The molecule has 0 bridgehead atoms. The lowest BCUT2D eigenvalue weighted by atomic mass is 10.0. The highest BCUT2D eigenvalue weighted by molar-refractivity contribution is 5.94. The molecule has 1 aliphatic rings. The fraction of sp³-hybridized carbons (Fsp3) is 0.562. The predicted molar refractivity (Wildman–Crippen MR) is 76.6 cm³/mol. The van der Waals surface area contributed by atoms with E-state index in [1.54, 1.807) is 14.0 Å². The fourth-order valence-electron chi connectivity index (χ4n) is 2.74. The summed E-state index contributed by atoms with van der Waals surface area (Å²) in [6.07, 6.45) is 0. The molecular formula is C16H23NO2. The lowest BCUT2D eigenvalue weighted by Gasteiger charge is -2.18. The van der Waals surface area contributed by atoms with Crippen molar-refractivity contribution in [2.75, 3.05) is 20.2 Å². The maximum absolute atomic E-state index is 11.5. The zero-order chi connectivity index (χ0) is 14.0. The summed E-state index contributed by atoms with van der Waals surface area (Å²) in [5.41, 5.74) is 1.87. The minimum atomic E-state index is 0.104. The molecule has 0 saturated carbocycles. The summed E-state index contributed by atoms with van der Waals surface area (Å²) in [4.78, 5) is 13.9. The number of likely N-dealkylation sites (tertiary alicyclic amines) is 1. The standard InChI is InChI=1S/C16H23NO2/c1-11-8-17(9-12(11)2)10-15-7-14(13(3)18)5-6-16(15)19-4/h5-7,11-12H,8-10H2,1-4H3. The van der Waals surface area contributed by atoms with Crippen LogP contribution in [0.2, 0.25) is 0 Å². The number of ether oxygens (including phenoxy) is 1. The summed E-state index contributed by atoms with van der Waals surface area (Å²) in [5.74, 6) is 2.45. The topological polar surface area (TPSA) is 29.5 Å². The van der Waals surface area contributed by atoms with Gasteiger partial charge in [-0.2, -0.15) is 0 Å². The van der Waals surface area contributed by atoms with E-state index in [0.717, 1.165) is 48.3 Å². The van der Waals surface area contributed by atoms with Gasteiger partial charge in [-0.05, 0) is 37.0 Å². The molecule has 0 radical (unpaired) electrons. The van der Waals surface area contributed by atoms with Gasteiger partial charge in [0.1, 0.15) is 5.75 Å². The molecule has 3 heteroatoms. The van der Waals surface area contributed by atoms with Gasteiger partial charge in [0.2, 0.25) is 0 Å². The molecule has 2 unspecified atom stereocenters. The van der Waals surface area contributed by atoms with Gasteiger partial charge in [-0.3, -0.25) is 9.69 Å². The van der Waals surface area contributed by atoms with Gasteiger partial charge in [0.05, 0.1) is 7.11 Å². The van der Waals surface area contributed by atoms with Gasteiger partial charge in [-0.15, -0.1) is 0 Å².